The van der Waals surface area contributed by atoms with Crippen LogP contribution in [0.25, 0.3) is 16.9 Å². The summed E-state index contributed by atoms with van der Waals surface area (Å²) < 4.78 is 1.54. The number of carbonyl (C=O) groups excluding carboxylic acids is 1. The van der Waals surface area contributed by atoms with Crippen LogP contribution in [0.1, 0.15) is 17.4 Å². The first-order valence-corrected chi connectivity index (χ1v) is 4.97. The molecule has 7 heteroatoms. The minimum atomic E-state index is -0.0822. The quantitative estimate of drug-likeness (QED) is 0.653. The Kier molecular flexibility index (Phi) is 1.97. The third-order valence-electron chi connectivity index (χ3n) is 2.39. The van der Waals surface area contributed by atoms with Gasteiger partial charge < -0.3 is 0 Å². The molecule has 17 heavy (non-hydrogen) atoms. The Balaban J connectivity index is 2.19. The number of fused-ring (bicyclic) bond motifs is 1. The molecular weight excluding hydrogens is 220 g/mol. The SMILES string of the molecule is CC(=O)c1ccn(-c2ncnc3[nH]ncc23)n1. The molecule has 3 aromatic heterocycles. The second kappa shape index (κ2) is 3.48. The zero-order chi connectivity index (χ0) is 11.8. The van der Waals surface area contributed by atoms with Crippen molar-refractivity contribution in [3.8, 4) is 5.82 Å². The average Bonchev–Trinajstić information content (AvgIpc) is 2.97. The maximum Gasteiger partial charge on any atom is 0.179 e. The van der Waals surface area contributed by atoms with Gasteiger partial charge in [-0.1, -0.05) is 0 Å². The smallest absolute Gasteiger partial charge is 0.179 e. The van der Waals surface area contributed by atoms with Crippen LogP contribution in [-0.2, 0) is 0 Å². The van der Waals surface area contributed by atoms with Crippen LogP contribution < -0.4 is 0 Å². The normalized spacial score (nSPS) is 10.9. The van der Waals surface area contributed by atoms with Crippen LogP contribution in [0.5, 0.6) is 0 Å². The predicted molar refractivity (Wildman–Crippen MR) is 58.8 cm³/mol. The van der Waals surface area contributed by atoms with Crippen molar-refractivity contribution in [2.45, 2.75) is 6.92 Å². The summed E-state index contributed by atoms with van der Waals surface area (Å²) in [5, 5.41) is 11.5. The van der Waals surface area contributed by atoms with Crippen molar-refractivity contribution in [1.29, 1.82) is 0 Å². The van der Waals surface area contributed by atoms with Gasteiger partial charge in [-0.2, -0.15) is 10.2 Å². The number of hydrogen-bond donors (Lipinski definition) is 1. The molecule has 0 aliphatic rings. The van der Waals surface area contributed by atoms with E-state index in [4.69, 9.17) is 0 Å². The number of aromatic amines is 1. The van der Waals surface area contributed by atoms with Gasteiger partial charge in [0.2, 0.25) is 0 Å². The molecule has 0 amide bonds. The molecule has 0 atom stereocenters. The highest BCUT2D eigenvalue weighted by Gasteiger charge is 2.10. The number of hydrogen-bond acceptors (Lipinski definition) is 5. The van der Waals surface area contributed by atoms with Crippen LogP contribution >= 0.6 is 0 Å². The number of Topliss-reactive ketones (excluding diaryl/α,β-unsaturated/α-hetero) is 1. The largest absolute Gasteiger partial charge is 0.293 e. The van der Waals surface area contributed by atoms with E-state index in [1.807, 2.05) is 0 Å². The van der Waals surface area contributed by atoms with Crippen LogP contribution in [0.3, 0.4) is 0 Å². The van der Waals surface area contributed by atoms with E-state index in [-0.39, 0.29) is 5.78 Å². The van der Waals surface area contributed by atoms with Crippen LogP contribution in [0.15, 0.2) is 24.8 Å². The van der Waals surface area contributed by atoms with E-state index in [0.717, 1.165) is 5.39 Å². The van der Waals surface area contributed by atoms with Crippen molar-refractivity contribution in [1.82, 2.24) is 29.9 Å². The Hall–Kier alpha value is -2.57. The second-order valence-corrected chi connectivity index (χ2v) is 3.53. The molecule has 0 spiro atoms. The Labute approximate surface area is 95.5 Å². The Morgan fingerprint density at radius 1 is 1.41 bits per heavy atom. The highest BCUT2D eigenvalue weighted by molar-refractivity contribution is 5.92. The Morgan fingerprint density at radius 2 is 2.29 bits per heavy atom. The molecule has 3 aromatic rings. The third kappa shape index (κ3) is 1.48. The van der Waals surface area contributed by atoms with Gasteiger partial charge in [0.1, 0.15) is 12.0 Å². The zero-order valence-corrected chi connectivity index (χ0v) is 8.95. The van der Waals surface area contributed by atoms with E-state index in [1.54, 1.807) is 18.5 Å². The molecule has 3 heterocycles. The first kappa shape index (κ1) is 9.64. The maximum absolute atomic E-state index is 11.2. The van der Waals surface area contributed by atoms with Crippen molar-refractivity contribution >= 4 is 16.8 Å². The van der Waals surface area contributed by atoms with E-state index in [9.17, 15) is 4.79 Å². The Bertz CT molecular complexity index is 697. The second-order valence-electron chi connectivity index (χ2n) is 3.53. The van der Waals surface area contributed by atoms with Gasteiger partial charge in [0.05, 0.1) is 11.6 Å². The molecule has 0 saturated carbocycles. The molecule has 0 bridgehead atoms. The Morgan fingerprint density at radius 3 is 3.06 bits per heavy atom. The van der Waals surface area contributed by atoms with Gasteiger partial charge in [-0.25, -0.2) is 14.6 Å². The first-order chi connectivity index (χ1) is 8.25. The monoisotopic (exact) mass is 228 g/mol. The molecule has 0 aliphatic carbocycles. The molecule has 0 unspecified atom stereocenters. The summed E-state index contributed by atoms with van der Waals surface area (Å²) in [5.74, 6) is 0.512. The maximum atomic E-state index is 11.2. The number of ketones is 1. The summed E-state index contributed by atoms with van der Waals surface area (Å²) >= 11 is 0. The summed E-state index contributed by atoms with van der Waals surface area (Å²) in [6.07, 6.45) is 4.73. The summed E-state index contributed by atoms with van der Waals surface area (Å²) in [4.78, 5) is 19.3. The molecule has 3 rings (SSSR count). The molecule has 7 nitrogen and oxygen atoms in total. The zero-order valence-electron chi connectivity index (χ0n) is 8.95. The number of aromatic nitrogens is 6. The summed E-state index contributed by atoms with van der Waals surface area (Å²) in [5.41, 5.74) is 1.04. The van der Waals surface area contributed by atoms with Gasteiger partial charge in [-0.3, -0.25) is 9.89 Å². The summed E-state index contributed by atoms with van der Waals surface area (Å²) in [6, 6.07) is 1.65. The highest BCUT2D eigenvalue weighted by atomic mass is 16.1. The number of nitrogens with zero attached hydrogens (tertiary/aromatic N) is 5. The average molecular weight is 228 g/mol. The lowest BCUT2D eigenvalue weighted by Crippen LogP contribution is -2.02. The van der Waals surface area contributed by atoms with Gasteiger partial charge in [0.15, 0.2) is 17.2 Å². The van der Waals surface area contributed by atoms with Gasteiger partial charge in [0, 0.05) is 13.1 Å². The van der Waals surface area contributed by atoms with Crippen molar-refractivity contribution in [3.63, 3.8) is 0 Å². The summed E-state index contributed by atoms with van der Waals surface area (Å²) in [7, 11) is 0. The predicted octanol–water partition coefficient (Wildman–Crippen LogP) is 0.741. The van der Waals surface area contributed by atoms with Crippen molar-refractivity contribution in [2.75, 3.05) is 0 Å². The molecule has 0 aromatic carbocycles. The fraction of sp³-hybridized carbons (Fsp3) is 0.100. The standard InChI is InChI=1S/C10H8N6O/c1-6(17)8-2-3-16(15-8)10-7-4-13-14-9(7)11-5-12-10/h2-5H,1H3,(H,11,12,13,14). The van der Waals surface area contributed by atoms with E-state index in [1.165, 1.54) is 17.9 Å². The number of H-pyrrole nitrogens is 1. The van der Waals surface area contributed by atoms with Gasteiger partial charge >= 0.3 is 0 Å². The van der Waals surface area contributed by atoms with Gasteiger partial charge in [0.25, 0.3) is 0 Å². The van der Waals surface area contributed by atoms with E-state index in [2.05, 4.69) is 25.3 Å². The van der Waals surface area contributed by atoms with Crippen LogP contribution in [-0.4, -0.2) is 35.7 Å². The fourth-order valence-corrected chi connectivity index (χ4v) is 1.56. The fourth-order valence-electron chi connectivity index (χ4n) is 1.56. The minimum absolute atomic E-state index is 0.0822. The van der Waals surface area contributed by atoms with Crippen molar-refractivity contribution < 1.29 is 4.79 Å². The third-order valence-corrected chi connectivity index (χ3v) is 2.39. The van der Waals surface area contributed by atoms with Crippen molar-refractivity contribution in [2.24, 2.45) is 0 Å². The van der Waals surface area contributed by atoms with Gasteiger partial charge in [-0.15, -0.1) is 0 Å². The highest BCUT2D eigenvalue weighted by Crippen LogP contribution is 2.15. The molecule has 84 valence electrons. The molecule has 0 saturated heterocycles. The number of rotatable bonds is 2. The molecule has 0 fully saturated rings. The molecular formula is C10H8N6O. The van der Waals surface area contributed by atoms with Crippen LogP contribution in [0, 0.1) is 0 Å². The lowest BCUT2D eigenvalue weighted by atomic mass is 10.3. The van der Waals surface area contributed by atoms with Crippen LogP contribution in [0.2, 0.25) is 0 Å². The minimum Gasteiger partial charge on any atom is -0.293 e. The topological polar surface area (TPSA) is 89.4 Å². The molecule has 1 N–H and O–H groups in total. The van der Waals surface area contributed by atoms with E-state index < -0.39 is 0 Å². The lowest BCUT2D eigenvalue weighted by Gasteiger charge is -1.99. The van der Waals surface area contributed by atoms with Gasteiger partial charge in [-0.05, 0) is 6.07 Å². The van der Waals surface area contributed by atoms with Crippen molar-refractivity contribution in [3.05, 3.63) is 30.5 Å². The number of nitrogens with one attached hydrogen (secondary N) is 1. The van der Waals surface area contributed by atoms with E-state index in [0.29, 0.717) is 17.2 Å². The first-order valence-electron chi connectivity index (χ1n) is 4.97. The number of carbonyl (C=O) groups is 1. The van der Waals surface area contributed by atoms with Crippen LogP contribution in [0.4, 0.5) is 0 Å². The lowest BCUT2D eigenvalue weighted by molar-refractivity contribution is 0.101. The molecule has 0 aliphatic heterocycles. The van der Waals surface area contributed by atoms with E-state index >= 15 is 0 Å². The molecule has 0 radical (unpaired) electrons. The summed E-state index contributed by atoms with van der Waals surface area (Å²) in [6.45, 7) is 1.47.